The van der Waals surface area contributed by atoms with Crippen molar-refractivity contribution in [2.45, 2.75) is 307 Å². The third kappa shape index (κ3) is 187. The van der Waals surface area contributed by atoms with E-state index in [2.05, 4.69) is 85.2 Å². The Morgan fingerprint density at radius 1 is 0.288 bits per heavy atom. The van der Waals surface area contributed by atoms with Crippen LogP contribution < -0.4 is 0 Å². The first kappa shape index (κ1) is 163. The van der Waals surface area contributed by atoms with E-state index in [0.717, 1.165) is 22.9 Å². The van der Waals surface area contributed by atoms with E-state index in [0.29, 0.717) is 0 Å². The monoisotopic (exact) mass is 1690 g/mol. The molecule has 13 rings (SSSR count). The summed E-state index contributed by atoms with van der Waals surface area (Å²) in [5, 5.41) is 21.0. The SMILES string of the molecule is C.C.C.C.CC.CC.CC.CC.CC.CC.CC.CC.CC.CC.CC.CC.CC.CC.CC.CC.CC.Cc1cccnc1.Cc1cccnn1.Cc1ccncc1.Cc1ccncn1.Cc1cnccn1.Cc1ncccn1.Cn1cccn1.Cn1cccn1.Cn1ccnc1.c1c[nH]cn1.c1cc[nH]c1.c1ccsc1.c1cscn1. The van der Waals surface area contributed by atoms with Crippen LogP contribution in [-0.2, 0) is 21.1 Å². The van der Waals surface area contributed by atoms with Crippen molar-refractivity contribution < 1.29 is 0 Å². The molecule has 20 nitrogen and oxygen atoms in total. The van der Waals surface area contributed by atoms with Crippen molar-refractivity contribution in [3.05, 3.63) is 296 Å². The third-order valence-electron chi connectivity index (χ3n) is 8.06. The first-order valence-electron chi connectivity index (χ1n) is 41.3. The molecule has 686 valence electrons. The van der Waals surface area contributed by atoms with Gasteiger partial charge in [0.25, 0.3) is 0 Å². The Morgan fingerprint density at radius 3 is 0.907 bits per heavy atom. The molecule has 0 saturated carbocycles. The second-order valence-electron chi connectivity index (χ2n) is 15.1. The van der Waals surface area contributed by atoms with Crippen LogP contribution in [0.25, 0.3) is 0 Å². The van der Waals surface area contributed by atoms with Crippen molar-refractivity contribution in [2.75, 3.05) is 0 Å². The van der Waals surface area contributed by atoms with Crippen LogP contribution in [0.4, 0.5) is 0 Å². The standard InChI is InChI=1S/2C6H7N.4C5H6N2.3C4H6N2.C4H5N.C4H4S.C3H4N2.C3H3NS.17C2H6.4CH4/c1-6-2-4-7-5-3-6;1-6-3-2-4-7-5-6;1-5-4-6-2-3-7-5;1-5-2-3-6-4-7-5;1-5-6-3-2-4-7-5;1-5-3-2-4-6-7-5;1-6-3-2-5-4-6;2*1-6-4-2-3-5-6;2*1-2-4-5-3-1;2*1-2-5-3-4-1;17*1-2;;;;/h2*2-5H,1H3;4*2-4H,1H3;3*2-4H,1H3;1-5H;1-4H;1-3H,(H,4,5);1-3H;17*1-2H3;4*1H4. The van der Waals surface area contributed by atoms with Gasteiger partial charge in [0.05, 0.1) is 29.6 Å². The highest BCUT2D eigenvalue weighted by molar-refractivity contribution is 7.07. The first-order chi connectivity index (χ1) is 56.0. The van der Waals surface area contributed by atoms with E-state index in [1.54, 1.807) is 155 Å². The lowest BCUT2D eigenvalue weighted by molar-refractivity contribution is 0.767. The minimum Gasteiger partial charge on any atom is -0.368 e. The normalized spacial score (nSPS) is 6.67. The van der Waals surface area contributed by atoms with Gasteiger partial charge in [-0.05, 0) is 130 Å². The Hall–Kier alpha value is -9.93. The predicted octanol–water partition coefficient (Wildman–Crippen LogP) is 31.5. The summed E-state index contributed by atoms with van der Waals surface area (Å²) >= 11 is 3.31. The number of thiazole rings is 1. The van der Waals surface area contributed by atoms with E-state index in [9.17, 15) is 0 Å². The number of pyridine rings is 2. The van der Waals surface area contributed by atoms with Gasteiger partial charge < -0.3 is 14.5 Å². The van der Waals surface area contributed by atoms with E-state index in [4.69, 9.17) is 0 Å². The van der Waals surface area contributed by atoms with Gasteiger partial charge in [0.15, 0.2) is 0 Å². The lowest BCUT2D eigenvalue weighted by Crippen LogP contribution is -1.83. The average molecular weight is 1690 g/mol. The molecule has 0 bridgehead atoms. The van der Waals surface area contributed by atoms with Crippen LogP contribution in [0.5, 0.6) is 0 Å². The van der Waals surface area contributed by atoms with Gasteiger partial charge in [-0.25, -0.2) is 29.9 Å². The summed E-state index contributed by atoms with van der Waals surface area (Å²) in [5.41, 5.74) is 7.19. The Labute approximate surface area is 741 Å². The number of aryl methyl sites for hydroxylation is 9. The molecule has 0 radical (unpaired) electrons. The number of thiophene rings is 1. The first-order valence-corrected chi connectivity index (χ1v) is 43.2. The van der Waals surface area contributed by atoms with Gasteiger partial charge >= 0.3 is 0 Å². The smallest absolute Gasteiger partial charge is 0.125 e. The van der Waals surface area contributed by atoms with E-state index >= 15 is 0 Å². The van der Waals surface area contributed by atoms with Crippen LogP contribution in [0.3, 0.4) is 0 Å². The summed E-state index contributed by atoms with van der Waals surface area (Å²) in [7, 11) is 5.72. The van der Waals surface area contributed by atoms with E-state index in [1.807, 2.05) is 435 Å². The van der Waals surface area contributed by atoms with Crippen molar-refractivity contribution in [1.29, 1.82) is 0 Å². The summed E-state index contributed by atoms with van der Waals surface area (Å²) in [6.07, 6.45) is 43.9. The summed E-state index contributed by atoms with van der Waals surface area (Å²) in [5.74, 6) is 0.822. The Morgan fingerprint density at radius 2 is 0.754 bits per heavy atom. The number of rotatable bonds is 0. The lowest BCUT2D eigenvalue weighted by atomic mass is 10.3. The second kappa shape index (κ2) is 193. The minimum atomic E-state index is 0. The van der Waals surface area contributed by atoms with Gasteiger partial charge in [-0.15, -0.1) is 11.3 Å². The van der Waals surface area contributed by atoms with Crippen LogP contribution in [0.1, 0.15) is 299 Å². The molecule has 118 heavy (non-hydrogen) atoms. The van der Waals surface area contributed by atoms with Crippen molar-refractivity contribution in [2.24, 2.45) is 21.1 Å². The molecule has 0 aromatic carbocycles. The van der Waals surface area contributed by atoms with Crippen LogP contribution in [0.15, 0.2) is 262 Å². The number of aromatic amines is 2. The summed E-state index contributed by atoms with van der Waals surface area (Å²) < 4.78 is 5.39. The second-order valence-corrected chi connectivity index (χ2v) is 16.7. The molecule has 0 spiro atoms. The van der Waals surface area contributed by atoms with Crippen molar-refractivity contribution in [3.8, 4) is 0 Å². The highest BCUT2D eigenvalue weighted by Gasteiger charge is 1.79. The van der Waals surface area contributed by atoms with Gasteiger partial charge in [0, 0.05) is 169 Å². The Kier molecular flexibility index (Phi) is 267. The van der Waals surface area contributed by atoms with E-state index in [1.165, 1.54) is 17.5 Å². The van der Waals surface area contributed by atoms with Crippen LogP contribution >= 0.6 is 22.7 Å². The molecule has 13 heterocycles. The van der Waals surface area contributed by atoms with Crippen LogP contribution in [-0.4, -0.2) is 99.1 Å². The molecule has 0 unspecified atom stereocenters. The molecule has 0 saturated heterocycles. The number of hydrogen-bond acceptors (Lipinski definition) is 17. The number of nitrogens with zero attached hydrogens (tertiary/aromatic N) is 18. The maximum atomic E-state index is 3.92. The van der Waals surface area contributed by atoms with Gasteiger partial charge in [-0.2, -0.15) is 31.7 Å². The molecule has 2 N–H and O–H groups in total. The zero-order chi connectivity index (χ0) is 92.0. The number of hydrogen-bond donors (Lipinski definition) is 2. The summed E-state index contributed by atoms with van der Waals surface area (Å²) in [4.78, 5) is 47.6. The maximum Gasteiger partial charge on any atom is 0.125 e. The zero-order valence-corrected chi connectivity index (χ0v) is 82.3. The van der Waals surface area contributed by atoms with Gasteiger partial charge in [-0.1, -0.05) is 283 Å². The summed E-state index contributed by atoms with van der Waals surface area (Å²) in [6, 6.07) is 27.0. The van der Waals surface area contributed by atoms with Crippen molar-refractivity contribution in [3.63, 3.8) is 0 Å². The van der Waals surface area contributed by atoms with E-state index < -0.39 is 0 Å². The van der Waals surface area contributed by atoms with Crippen molar-refractivity contribution in [1.82, 2.24) is 99.1 Å². The van der Waals surface area contributed by atoms with Gasteiger partial charge in [0.2, 0.25) is 0 Å². The Bertz CT molecular complexity index is 2510. The number of nitrogens with one attached hydrogen (secondary N) is 2. The quantitative estimate of drug-likeness (QED) is 0.143. The molecular formula is C96H190N20S2. The number of H-pyrrole nitrogens is 2. The van der Waals surface area contributed by atoms with Crippen LogP contribution in [0, 0.1) is 41.5 Å². The summed E-state index contributed by atoms with van der Waals surface area (Å²) in [6.45, 7) is 79.7. The molecule has 22 heteroatoms. The molecule has 0 amide bonds. The topological polar surface area (TPSA) is 240 Å². The molecule has 0 atom stereocenters. The average Bonchev–Trinajstić information content (AvgIpc) is 1.85. The molecule has 0 aliphatic heterocycles. The number of imidazole rings is 2. The number of aromatic nitrogens is 20. The van der Waals surface area contributed by atoms with Crippen molar-refractivity contribution >= 4 is 22.7 Å². The molecular weight excluding hydrogens is 1500 g/mol. The fraction of sp³-hybridized carbons (Fsp3) is 0.490. The third-order valence-corrected chi connectivity index (χ3v) is 9.21. The lowest BCUT2D eigenvalue weighted by Gasteiger charge is -1.82. The predicted molar refractivity (Wildman–Crippen MR) is 540 cm³/mol. The maximum absolute atomic E-state index is 3.92. The fourth-order valence-corrected chi connectivity index (χ4v) is 5.07. The highest BCUT2D eigenvalue weighted by Crippen LogP contribution is 1.92. The highest BCUT2D eigenvalue weighted by atomic mass is 32.1. The molecule has 0 fully saturated rings. The largest absolute Gasteiger partial charge is 0.368 e. The fourth-order valence-electron chi connectivity index (χ4n) is 4.27. The van der Waals surface area contributed by atoms with Gasteiger partial charge in [-0.3, -0.25) is 34.3 Å². The van der Waals surface area contributed by atoms with E-state index in [-0.39, 0.29) is 29.7 Å². The van der Waals surface area contributed by atoms with Crippen LogP contribution in [0.2, 0.25) is 0 Å². The molecule has 0 aliphatic carbocycles. The Balaban J connectivity index is -0.0000000440. The molecule has 13 aromatic heterocycles. The molecule has 0 aliphatic rings. The molecule has 13 aromatic rings. The zero-order valence-electron chi connectivity index (χ0n) is 80.7. The minimum absolute atomic E-state index is 0. The van der Waals surface area contributed by atoms with Gasteiger partial charge in [0.1, 0.15) is 12.2 Å².